The van der Waals surface area contributed by atoms with E-state index in [9.17, 15) is 22.4 Å². The molecule has 1 aromatic carbocycles. The number of ether oxygens (including phenoxy) is 1. The highest BCUT2D eigenvalue weighted by Gasteiger charge is 2.34. The second-order valence-corrected chi connectivity index (χ2v) is 8.78. The summed E-state index contributed by atoms with van der Waals surface area (Å²) in [5, 5.41) is 2.78. The zero-order chi connectivity index (χ0) is 20.7. The standard InChI is InChI=1S/C19H27FN2O5S/c1-3-16(4-2)21-18(23)13-27-19(24)14-6-5-11-22(12-14)28(25,26)17-9-7-15(20)8-10-17/h7-10,14,16H,3-6,11-13H2,1-2H3,(H,21,23). The van der Waals surface area contributed by atoms with Crippen LogP contribution in [0.1, 0.15) is 39.5 Å². The van der Waals surface area contributed by atoms with E-state index in [0.717, 1.165) is 25.0 Å². The van der Waals surface area contributed by atoms with Gasteiger partial charge in [0.25, 0.3) is 5.91 Å². The molecule has 1 atom stereocenters. The van der Waals surface area contributed by atoms with Crippen LogP contribution in [0.25, 0.3) is 0 Å². The number of benzene rings is 1. The van der Waals surface area contributed by atoms with Gasteiger partial charge in [-0.1, -0.05) is 13.8 Å². The Hall–Kier alpha value is -2.00. The SMILES string of the molecule is CCC(CC)NC(=O)COC(=O)C1CCCN(S(=O)(=O)c2ccc(F)cc2)C1. The number of rotatable bonds is 8. The number of amides is 1. The maximum Gasteiger partial charge on any atom is 0.310 e. The van der Waals surface area contributed by atoms with E-state index in [1.807, 2.05) is 13.8 Å². The summed E-state index contributed by atoms with van der Waals surface area (Å²) in [5.41, 5.74) is 0. The number of nitrogens with one attached hydrogen (secondary N) is 1. The van der Waals surface area contributed by atoms with Gasteiger partial charge in [-0.15, -0.1) is 0 Å². The van der Waals surface area contributed by atoms with Crippen molar-refractivity contribution in [3.63, 3.8) is 0 Å². The molecular formula is C19H27FN2O5S. The lowest BCUT2D eigenvalue weighted by Gasteiger charge is -2.30. The molecule has 9 heteroatoms. The zero-order valence-corrected chi connectivity index (χ0v) is 17.0. The van der Waals surface area contributed by atoms with Gasteiger partial charge in [0.15, 0.2) is 6.61 Å². The van der Waals surface area contributed by atoms with E-state index in [2.05, 4.69) is 5.32 Å². The summed E-state index contributed by atoms with van der Waals surface area (Å²) in [5.74, 6) is -2.11. The lowest BCUT2D eigenvalue weighted by molar-refractivity contribution is -0.153. The normalized spacial score (nSPS) is 18.1. The predicted molar refractivity (Wildman–Crippen MR) is 101 cm³/mol. The average Bonchev–Trinajstić information content (AvgIpc) is 2.70. The Bertz CT molecular complexity index is 778. The summed E-state index contributed by atoms with van der Waals surface area (Å²) >= 11 is 0. The van der Waals surface area contributed by atoms with Crippen molar-refractivity contribution in [1.29, 1.82) is 0 Å². The molecule has 1 fully saturated rings. The minimum Gasteiger partial charge on any atom is -0.455 e. The molecule has 0 radical (unpaired) electrons. The number of carbonyl (C=O) groups is 2. The van der Waals surface area contributed by atoms with Gasteiger partial charge in [-0.05, 0) is 49.9 Å². The summed E-state index contributed by atoms with van der Waals surface area (Å²) in [6.07, 6.45) is 2.56. The van der Waals surface area contributed by atoms with Crippen LogP contribution in [0.3, 0.4) is 0 Å². The van der Waals surface area contributed by atoms with E-state index >= 15 is 0 Å². The van der Waals surface area contributed by atoms with Crippen LogP contribution in [0.5, 0.6) is 0 Å². The summed E-state index contributed by atoms with van der Waals surface area (Å²) in [4.78, 5) is 24.2. The summed E-state index contributed by atoms with van der Waals surface area (Å²) in [7, 11) is -3.82. The highest BCUT2D eigenvalue weighted by atomic mass is 32.2. The number of piperidine rings is 1. The molecule has 2 rings (SSSR count). The van der Waals surface area contributed by atoms with Crippen LogP contribution in [-0.2, 0) is 24.3 Å². The van der Waals surface area contributed by atoms with Crippen LogP contribution in [-0.4, -0.2) is 50.3 Å². The third-order valence-corrected chi connectivity index (χ3v) is 6.74. The fraction of sp³-hybridized carbons (Fsp3) is 0.579. The summed E-state index contributed by atoms with van der Waals surface area (Å²) < 4.78 is 44.8. The first-order chi connectivity index (χ1) is 13.3. The highest BCUT2D eigenvalue weighted by Crippen LogP contribution is 2.24. The molecule has 1 aliphatic rings. The Morgan fingerprint density at radius 2 is 1.89 bits per heavy atom. The number of halogens is 1. The second-order valence-electron chi connectivity index (χ2n) is 6.84. The van der Waals surface area contributed by atoms with Crippen LogP contribution >= 0.6 is 0 Å². The van der Waals surface area contributed by atoms with Gasteiger partial charge in [0.1, 0.15) is 5.82 Å². The zero-order valence-electron chi connectivity index (χ0n) is 16.2. The molecule has 1 amide bonds. The van der Waals surface area contributed by atoms with Crippen molar-refractivity contribution < 1.29 is 27.1 Å². The van der Waals surface area contributed by atoms with Crippen molar-refractivity contribution >= 4 is 21.9 Å². The van der Waals surface area contributed by atoms with Crippen molar-refractivity contribution in [2.45, 2.75) is 50.5 Å². The second kappa shape index (κ2) is 9.97. The molecule has 0 aromatic heterocycles. The molecule has 1 unspecified atom stereocenters. The molecule has 1 aromatic rings. The van der Waals surface area contributed by atoms with Gasteiger partial charge in [0.05, 0.1) is 10.8 Å². The first kappa shape index (κ1) is 22.3. The van der Waals surface area contributed by atoms with Crippen molar-refractivity contribution in [3.8, 4) is 0 Å². The molecule has 1 N–H and O–H groups in total. The predicted octanol–water partition coefficient (Wildman–Crippen LogP) is 2.07. The maximum atomic E-state index is 13.1. The van der Waals surface area contributed by atoms with Crippen LogP contribution in [0.2, 0.25) is 0 Å². The minimum absolute atomic E-state index is 0.0209. The highest BCUT2D eigenvalue weighted by molar-refractivity contribution is 7.89. The van der Waals surface area contributed by atoms with Crippen molar-refractivity contribution in [1.82, 2.24) is 9.62 Å². The van der Waals surface area contributed by atoms with Crippen LogP contribution < -0.4 is 5.32 Å². The molecular weight excluding hydrogens is 387 g/mol. The molecule has 0 bridgehead atoms. The number of sulfonamides is 1. The molecule has 28 heavy (non-hydrogen) atoms. The lowest BCUT2D eigenvalue weighted by Crippen LogP contribution is -2.43. The third kappa shape index (κ3) is 5.75. The van der Waals surface area contributed by atoms with E-state index in [1.54, 1.807) is 0 Å². The van der Waals surface area contributed by atoms with Gasteiger partial charge in [0, 0.05) is 19.1 Å². The van der Waals surface area contributed by atoms with Crippen LogP contribution in [0, 0.1) is 11.7 Å². The fourth-order valence-electron chi connectivity index (χ4n) is 3.13. The van der Waals surface area contributed by atoms with Gasteiger partial charge in [-0.3, -0.25) is 9.59 Å². The minimum atomic E-state index is -3.82. The van der Waals surface area contributed by atoms with E-state index in [0.29, 0.717) is 12.8 Å². The van der Waals surface area contributed by atoms with Gasteiger partial charge in [-0.2, -0.15) is 4.31 Å². The Labute approximate surface area is 165 Å². The van der Waals surface area contributed by atoms with Crippen LogP contribution in [0.4, 0.5) is 4.39 Å². The largest absolute Gasteiger partial charge is 0.455 e. The van der Waals surface area contributed by atoms with Crippen LogP contribution in [0.15, 0.2) is 29.2 Å². The first-order valence-corrected chi connectivity index (χ1v) is 10.9. The van der Waals surface area contributed by atoms with E-state index in [1.165, 1.54) is 16.4 Å². The number of esters is 1. The topological polar surface area (TPSA) is 92.8 Å². The van der Waals surface area contributed by atoms with E-state index in [4.69, 9.17) is 4.74 Å². The Kier molecular flexibility index (Phi) is 7.94. The lowest BCUT2D eigenvalue weighted by atomic mass is 10.00. The van der Waals surface area contributed by atoms with Gasteiger partial charge >= 0.3 is 5.97 Å². The monoisotopic (exact) mass is 414 g/mol. The molecule has 156 valence electrons. The van der Waals surface area contributed by atoms with Crippen molar-refractivity contribution in [3.05, 3.63) is 30.1 Å². The van der Waals surface area contributed by atoms with Crippen molar-refractivity contribution in [2.24, 2.45) is 5.92 Å². The third-order valence-electron chi connectivity index (χ3n) is 4.87. The molecule has 1 heterocycles. The number of carbonyl (C=O) groups excluding carboxylic acids is 2. The first-order valence-electron chi connectivity index (χ1n) is 9.49. The van der Waals surface area contributed by atoms with Gasteiger partial charge in [0.2, 0.25) is 10.0 Å². The van der Waals surface area contributed by atoms with E-state index < -0.39 is 27.7 Å². The van der Waals surface area contributed by atoms with E-state index in [-0.39, 0.29) is 36.5 Å². The Morgan fingerprint density at radius 3 is 2.50 bits per heavy atom. The fourth-order valence-corrected chi connectivity index (χ4v) is 4.65. The molecule has 0 aliphatic carbocycles. The van der Waals surface area contributed by atoms with Gasteiger partial charge in [-0.25, -0.2) is 12.8 Å². The average molecular weight is 414 g/mol. The number of hydrogen-bond acceptors (Lipinski definition) is 5. The quantitative estimate of drug-likeness (QED) is 0.658. The smallest absolute Gasteiger partial charge is 0.310 e. The number of hydrogen-bond donors (Lipinski definition) is 1. The van der Waals surface area contributed by atoms with Gasteiger partial charge < -0.3 is 10.1 Å². The number of nitrogens with zero attached hydrogens (tertiary/aromatic N) is 1. The molecule has 1 aliphatic heterocycles. The Morgan fingerprint density at radius 1 is 1.25 bits per heavy atom. The maximum absolute atomic E-state index is 13.1. The van der Waals surface area contributed by atoms with Crippen molar-refractivity contribution in [2.75, 3.05) is 19.7 Å². The molecule has 7 nitrogen and oxygen atoms in total. The summed E-state index contributed by atoms with van der Waals surface area (Å²) in [6.45, 7) is 3.79. The summed E-state index contributed by atoms with van der Waals surface area (Å²) in [6, 6.07) is 4.61. The molecule has 0 saturated carbocycles. The Balaban J connectivity index is 1.94. The molecule has 1 saturated heterocycles. The molecule has 0 spiro atoms.